The topological polar surface area (TPSA) is 64.8 Å². The molecule has 1 fully saturated rings. The lowest BCUT2D eigenvalue weighted by atomic mass is 9.91. The largest absolute Gasteiger partial charge is 0.493 e. The number of methoxy groups -OCH3 is 1. The van der Waals surface area contributed by atoms with E-state index in [1.54, 1.807) is 19.2 Å². The second-order valence-electron chi connectivity index (χ2n) is 9.10. The number of carbonyl (C=O) groups excluding carboxylic acids is 1. The number of rotatable bonds is 9. The highest BCUT2D eigenvalue weighted by atomic mass is 19.1. The predicted molar refractivity (Wildman–Crippen MR) is 136 cm³/mol. The van der Waals surface area contributed by atoms with Gasteiger partial charge >= 0.3 is 0 Å². The predicted octanol–water partition coefficient (Wildman–Crippen LogP) is 6.10. The fraction of sp³-hybridized carbons (Fsp3) is 0.310. The van der Waals surface area contributed by atoms with E-state index in [-0.39, 0.29) is 5.82 Å². The Labute approximate surface area is 209 Å². The van der Waals surface area contributed by atoms with Crippen LogP contribution < -0.4 is 9.47 Å². The summed E-state index contributed by atoms with van der Waals surface area (Å²) in [4.78, 5) is 13.8. The van der Waals surface area contributed by atoms with Crippen LogP contribution in [0.25, 0.3) is 22.1 Å². The van der Waals surface area contributed by atoms with Gasteiger partial charge in [0, 0.05) is 29.5 Å². The number of hydrogen-bond donors (Lipinski definition) is 0. The summed E-state index contributed by atoms with van der Waals surface area (Å²) < 4.78 is 30.4. The van der Waals surface area contributed by atoms with Crippen molar-refractivity contribution in [3.05, 3.63) is 77.7 Å². The van der Waals surface area contributed by atoms with E-state index in [1.807, 2.05) is 36.4 Å². The standard InChI is InChI=1S/C29H29FN2O4/c1-34-28-17-21(24-6-3-2-5-22(24)19-33)7-10-26(28)35-16-4-13-32-14-11-20(12-15-32)29-25-9-8-23(30)18-27(25)36-31-29/h2-3,5-10,17-20H,4,11-16H2,1H3. The number of likely N-dealkylation sites (tertiary alicyclic amines) is 1. The van der Waals surface area contributed by atoms with Crippen molar-refractivity contribution in [1.29, 1.82) is 0 Å². The number of aldehydes is 1. The Balaban J connectivity index is 1.12. The molecule has 0 amide bonds. The van der Waals surface area contributed by atoms with Crippen molar-refractivity contribution in [3.63, 3.8) is 0 Å². The summed E-state index contributed by atoms with van der Waals surface area (Å²) >= 11 is 0. The Kier molecular flexibility index (Phi) is 7.28. The Morgan fingerprint density at radius 3 is 2.72 bits per heavy atom. The highest BCUT2D eigenvalue weighted by Gasteiger charge is 2.25. The van der Waals surface area contributed by atoms with Gasteiger partial charge in [0.05, 0.1) is 19.4 Å². The van der Waals surface area contributed by atoms with Crippen molar-refractivity contribution in [1.82, 2.24) is 10.1 Å². The minimum absolute atomic E-state index is 0.306. The molecular formula is C29H29FN2O4. The highest BCUT2D eigenvalue weighted by Crippen LogP contribution is 2.34. The smallest absolute Gasteiger partial charge is 0.170 e. The van der Waals surface area contributed by atoms with E-state index in [9.17, 15) is 9.18 Å². The third-order valence-electron chi connectivity index (χ3n) is 6.87. The van der Waals surface area contributed by atoms with Crippen molar-refractivity contribution < 1.29 is 23.2 Å². The Hall–Kier alpha value is -3.71. The fourth-order valence-corrected chi connectivity index (χ4v) is 4.94. The van der Waals surface area contributed by atoms with Gasteiger partial charge in [-0.25, -0.2) is 4.39 Å². The van der Waals surface area contributed by atoms with Crippen LogP contribution in [-0.4, -0.2) is 49.7 Å². The molecule has 186 valence electrons. The van der Waals surface area contributed by atoms with Crippen LogP contribution in [0.1, 0.15) is 41.2 Å². The van der Waals surface area contributed by atoms with Crippen LogP contribution >= 0.6 is 0 Å². The average Bonchev–Trinajstić information content (AvgIpc) is 3.34. The molecule has 1 aromatic heterocycles. The molecule has 0 aliphatic carbocycles. The summed E-state index contributed by atoms with van der Waals surface area (Å²) in [6.45, 7) is 3.49. The van der Waals surface area contributed by atoms with E-state index in [0.29, 0.717) is 35.2 Å². The van der Waals surface area contributed by atoms with Gasteiger partial charge in [-0.3, -0.25) is 4.79 Å². The zero-order valence-electron chi connectivity index (χ0n) is 20.3. The average molecular weight is 489 g/mol. The molecule has 1 aliphatic heterocycles. The first-order valence-electron chi connectivity index (χ1n) is 12.3. The maximum atomic E-state index is 13.4. The Morgan fingerprint density at radius 2 is 1.92 bits per heavy atom. The van der Waals surface area contributed by atoms with Gasteiger partial charge in [0.1, 0.15) is 5.82 Å². The number of carbonyl (C=O) groups is 1. The number of nitrogens with zero attached hydrogens (tertiary/aromatic N) is 2. The summed E-state index contributed by atoms with van der Waals surface area (Å²) in [6.07, 6.45) is 3.76. The second-order valence-corrected chi connectivity index (χ2v) is 9.10. The monoisotopic (exact) mass is 488 g/mol. The van der Waals surface area contributed by atoms with Gasteiger partial charge in [0.2, 0.25) is 0 Å². The molecular weight excluding hydrogens is 459 g/mol. The first kappa shape index (κ1) is 24.0. The normalized spacial score (nSPS) is 14.7. The molecule has 0 N–H and O–H groups in total. The number of piperidine rings is 1. The van der Waals surface area contributed by atoms with Crippen LogP contribution in [-0.2, 0) is 0 Å². The van der Waals surface area contributed by atoms with Crippen molar-refractivity contribution >= 4 is 17.3 Å². The van der Waals surface area contributed by atoms with E-state index in [2.05, 4.69) is 10.1 Å². The lowest BCUT2D eigenvalue weighted by molar-refractivity contribution is 0.112. The van der Waals surface area contributed by atoms with Crippen LogP contribution in [0.5, 0.6) is 11.5 Å². The number of aromatic nitrogens is 1. The minimum atomic E-state index is -0.306. The van der Waals surface area contributed by atoms with Gasteiger partial charge in [0.15, 0.2) is 23.4 Å². The maximum absolute atomic E-state index is 13.4. The molecule has 0 radical (unpaired) electrons. The lowest BCUT2D eigenvalue weighted by Crippen LogP contribution is -2.34. The molecule has 0 bridgehead atoms. The van der Waals surface area contributed by atoms with Crippen molar-refractivity contribution in [2.75, 3.05) is 33.4 Å². The zero-order valence-corrected chi connectivity index (χ0v) is 20.3. The first-order valence-corrected chi connectivity index (χ1v) is 12.3. The molecule has 36 heavy (non-hydrogen) atoms. The van der Waals surface area contributed by atoms with Crippen LogP contribution in [0.15, 0.2) is 65.2 Å². The Morgan fingerprint density at radius 1 is 1.08 bits per heavy atom. The molecule has 1 saturated heterocycles. The molecule has 2 heterocycles. The summed E-state index contributed by atoms with van der Waals surface area (Å²) in [5.74, 6) is 1.36. The molecule has 0 saturated carbocycles. The van der Waals surface area contributed by atoms with Gasteiger partial charge in [-0.1, -0.05) is 35.5 Å². The van der Waals surface area contributed by atoms with Gasteiger partial charge in [-0.05, 0) is 67.7 Å². The number of hydrogen-bond acceptors (Lipinski definition) is 6. The second kappa shape index (κ2) is 10.9. The molecule has 0 unspecified atom stereocenters. The van der Waals surface area contributed by atoms with E-state index >= 15 is 0 Å². The van der Waals surface area contributed by atoms with Crippen LogP contribution in [0.2, 0.25) is 0 Å². The Bertz CT molecular complexity index is 1340. The van der Waals surface area contributed by atoms with E-state index in [0.717, 1.165) is 67.4 Å². The number of ether oxygens (including phenoxy) is 2. The SMILES string of the molecule is COc1cc(-c2ccccc2C=O)ccc1OCCCN1CCC(c2noc3cc(F)ccc23)CC1. The molecule has 6 nitrogen and oxygen atoms in total. The lowest BCUT2D eigenvalue weighted by Gasteiger charge is -2.31. The van der Waals surface area contributed by atoms with E-state index < -0.39 is 0 Å². The molecule has 4 aromatic rings. The van der Waals surface area contributed by atoms with Crippen LogP contribution in [0, 0.1) is 5.82 Å². The van der Waals surface area contributed by atoms with Crippen molar-refractivity contribution in [2.24, 2.45) is 0 Å². The first-order chi connectivity index (χ1) is 17.7. The van der Waals surface area contributed by atoms with Crippen LogP contribution in [0.4, 0.5) is 4.39 Å². The molecule has 7 heteroatoms. The van der Waals surface area contributed by atoms with Crippen LogP contribution in [0.3, 0.4) is 0 Å². The minimum Gasteiger partial charge on any atom is -0.493 e. The fourth-order valence-electron chi connectivity index (χ4n) is 4.94. The van der Waals surface area contributed by atoms with Gasteiger partial charge in [-0.2, -0.15) is 0 Å². The molecule has 3 aromatic carbocycles. The molecule has 0 atom stereocenters. The van der Waals surface area contributed by atoms with Crippen molar-refractivity contribution in [3.8, 4) is 22.6 Å². The third-order valence-corrected chi connectivity index (χ3v) is 6.87. The molecule has 0 spiro atoms. The molecule has 1 aliphatic rings. The quantitative estimate of drug-likeness (QED) is 0.209. The van der Waals surface area contributed by atoms with Crippen molar-refractivity contribution in [2.45, 2.75) is 25.2 Å². The van der Waals surface area contributed by atoms with Gasteiger partial charge in [0.25, 0.3) is 0 Å². The van der Waals surface area contributed by atoms with Gasteiger partial charge in [-0.15, -0.1) is 0 Å². The highest BCUT2D eigenvalue weighted by molar-refractivity contribution is 5.88. The van der Waals surface area contributed by atoms with Gasteiger partial charge < -0.3 is 18.9 Å². The number of fused-ring (bicyclic) bond motifs is 1. The summed E-state index contributed by atoms with van der Waals surface area (Å²) in [5.41, 5.74) is 3.88. The van der Waals surface area contributed by atoms with E-state index in [1.165, 1.54) is 12.1 Å². The zero-order chi connectivity index (χ0) is 24.9. The van der Waals surface area contributed by atoms with E-state index in [4.69, 9.17) is 14.0 Å². The summed E-state index contributed by atoms with van der Waals surface area (Å²) in [5, 5.41) is 5.15. The summed E-state index contributed by atoms with van der Waals surface area (Å²) in [7, 11) is 1.62. The summed E-state index contributed by atoms with van der Waals surface area (Å²) in [6, 6.07) is 17.9. The maximum Gasteiger partial charge on any atom is 0.170 e. The number of halogens is 1. The third kappa shape index (κ3) is 5.11. The number of benzene rings is 3. The molecule has 5 rings (SSSR count).